The minimum absolute atomic E-state index is 0. The molecule has 1 saturated carbocycles. The largest absolute Gasteiger partial charge is 0.373 e. The molecule has 2 aliphatic heterocycles. The zero-order chi connectivity index (χ0) is 13.7. The maximum Gasteiger partial charge on any atom is 0.276 e. The van der Waals surface area contributed by atoms with E-state index in [0.717, 1.165) is 23.3 Å². The lowest BCUT2D eigenvalue weighted by Gasteiger charge is -2.36. The number of hydrogen-bond donors (Lipinski definition) is 2. The number of carbonyl (C=O) groups is 1. The first-order chi connectivity index (χ1) is 9.75. The maximum atomic E-state index is 12.7. The smallest absolute Gasteiger partial charge is 0.276 e. The van der Waals surface area contributed by atoms with Crippen LogP contribution in [0.3, 0.4) is 0 Å². The maximum absolute atomic E-state index is 12.7. The van der Waals surface area contributed by atoms with Gasteiger partial charge in [0.15, 0.2) is 5.69 Å². The Bertz CT molecular complexity index is 548. The van der Waals surface area contributed by atoms with Crippen LogP contribution in [-0.2, 0) is 4.74 Å². The van der Waals surface area contributed by atoms with Gasteiger partial charge in [0.05, 0.1) is 28.9 Å². The fourth-order valence-corrected chi connectivity index (χ4v) is 3.78. The Kier molecular flexibility index (Phi) is 4.27. The summed E-state index contributed by atoms with van der Waals surface area (Å²) >= 11 is 3.54. The van der Waals surface area contributed by atoms with E-state index in [0.29, 0.717) is 24.8 Å². The molecule has 0 unspecified atom stereocenters. The number of nitrogens with zero attached hydrogens (tertiary/aromatic N) is 2. The Morgan fingerprint density at radius 2 is 2.19 bits per heavy atom. The number of H-pyrrole nitrogens is 1. The van der Waals surface area contributed by atoms with Crippen molar-refractivity contribution in [3.05, 3.63) is 15.9 Å². The highest BCUT2D eigenvalue weighted by Gasteiger charge is 2.40. The van der Waals surface area contributed by atoms with Gasteiger partial charge in [-0.05, 0) is 28.8 Å². The SMILES string of the molecule is Cl.O=C(c1n[nH]c(C2CC2)c1Br)N1CCO[C@H]2CNC[C@H]21. The van der Waals surface area contributed by atoms with Crippen molar-refractivity contribution in [3.63, 3.8) is 0 Å². The highest BCUT2D eigenvalue weighted by molar-refractivity contribution is 9.10. The summed E-state index contributed by atoms with van der Waals surface area (Å²) in [5, 5.41) is 10.6. The molecule has 0 spiro atoms. The van der Waals surface area contributed by atoms with Gasteiger partial charge in [0.2, 0.25) is 0 Å². The van der Waals surface area contributed by atoms with Crippen LogP contribution in [0.5, 0.6) is 0 Å². The van der Waals surface area contributed by atoms with Gasteiger partial charge in [-0.2, -0.15) is 5.10 Å². The second-order valence-electron chi connectivity index (χ2n) is 5.71. The van der Waals surface area contributed by atoms with Crippen molar-refractivity contribution in [1.29, 1.82) is 0 Å². The second kappa shape index (κ2) is 5.87. The van der Waals surface area contributed by atoms with Gasteiger partial charge in [-0.3, -0.25) is 9.89 Å². The number of morpholine rings is 1. The molecule has 3 fully saturated rings. The lowest BCUT2D eigenvalue weighted by molar-refractivity contribution is -0.0367. The summed E-state index contributed by atoms with van der Waals surface area (Å²) in [4.78, 5) is 14.7. The molecule has 1 aliphatic carbocycles. The summed E-state index contributed by atoms with van der Waals surface area (Å²) in [6.07, 6.45) is 2.48. The molecule has 0 aromatic carbocycles. The molecule has 0 bridgehead atoms. The van der Waals surface area contributed by atoms with Gasteiger partial charge in [-0.25, -0.2) is 0 Å². The van der Waals surface area contributed by atoms with Crippen LogP contribution in [0.4, 0.5) is 0 Å². The number of fused-ring (bicyclic) bond motifs is 1. The first-order valence-electron chi connectivity index (χ1n) is 7.12. The average Bonchev–Trinajstić information content (AvgIpc) is 3.05. The number of ether oxygens (including phenoxy) is 1. The summed E-state index contributed by atoms with van der Waals surface area (Å²) < 4.78 is 6.55. The number of aromatic nitrogens is 2. The van der Waals surface area contributed by atoms with E-state index in [1.807, 2.05) is 4.90 Å². The Morgan fingerprint density at radius 1 is 1.38 bits per heavy atom. The molecule has 2 atom stereocenters. The summed E-state index contributed by atoms with van der Waals surface area (Å²) in [7, 11) is 0. The van der Waals surface area contributed by atoms with Crippen molar-refractivity contribution in [1.82, 2.24) is 20.4 Å². The van der Waals surface area contributed by atoms with Crippen molar-refractivity contribution in [2.45, 2.75) is 30.9 Å². The van der Waals surface area contributed by atoms with E-state index in [1.54, 1.807) is 0 Å². The summed E-state index contributed by atoms with van der Waals surface area (Å²) in [5.41, 5.74) is 1.59. The van der Waals surface area contributed by atoms with Crippen LogP contribution in [0, 0.1) is 0 Å². The number of nitrogens with one attached hydrogen (secondary N) is 2. The number of aromatic amines is 1. The number of amides is 1. The van der Waals surface area contributed by atoms with E-state index in [9.17, 15) is 4.79 Å². The molecule has 2 N–H and O–H groups in total. The molecule has 116 valence electrons. The lowest BCUT2D eigenvalue weighted by Crippen LogP contribution is -2.53. The van der Waals surface area contributed by atoms with Crippen molar-refractivity contribution < 1.29 is 9.53 Å². The van der Waals surface area contributed by atoms with E-state index >= 15 is 0 Å². The van der Waals surface area contributed by atoms with Crippen LogP contribution >= 0.6 is 28.3 Å². The molecular weight excluding hydrogens is 360 g/mol. The van der Waals surface area contributed by atoms with Crippen molar-refractivity contribution in [2.24, 2.45) is 0 Å². The van der Waals surface area contributed by atoms with Crippen LogP contribution in [0.25, 0.3) is 0 Å². The van der Waals surface area contributed by atoms with Gasteiger partial charge in [-0.15, -0.1) is 12.4 Å². The fraction of sp³-hybridized carbons (Fsp3) is 0.692. The standard InChI is InChI=1S/C13H17BrN4O2.ClH/c14-10-11(7-1-2-7)16-17-12(10)13(19)18-3-4-20-9-6-15-5-8(9)18;/h7-9,15H,1-6H2,(H,16,17);1H/t8-,9+;/m1./s1. The van der Waals surface area contributed by atoms with E-state index in [4.69, 9.17) is 4.74 Å². The van der Waals surface area contributed by atoms with Gasteiger partial charge in [-0.1, -0.05) is 0 Å². The van der Waals surface area contributed by atoms with Crippen LogP contribution < -0.4 is 5.32 Å². The molecule has 0 radical (unpaired) electrons. The predicted molar refractivity (Wildman–Crippen MR) is 82.9 cm³/mol. The first kappa shape index (κ1) is 15.3. The van der Waals surface area contributed by atoms with Crippen LogP contribution in [0.1, 0.15) is 34.9 Å². The molecule has 8 heteroatoms. The molecule has 1 aromatic rings. The zero-order valence-electron chi connectivity index (χ0n) is 11.5. The fourth-order valence-electron chi connectivity index (χ4n) is 3.10. The molecule has 3 aliphatic rings. The Labute approximate surface area is 137 Å². The van der Waals surface area contributed by atoms with E-state index in [2.05, 4.69) is 31.4 Å². The molecular formula is C13H18BrClN4O2. The first-order valence-corrected chi connectivity index (χ1v) is 7.92. The topological polar surface area (TPSA) is 70.2 Å². The molecule has 3 heterocycles. The highest BCUT2D eigenvalue weighted by atomic mass is 79.9. The molecule has 1 aromatic heterocycles. The van der Waals surface area contributed by atoms with Crippen LogP contribution in [0.2, 0.25) is 0 Å². The molecule has 4 rings (SSSR count). The Hall–Kier alpha value is -0.630. The van der Waals surface area contributed by atoms with E-state index in [-0.39, 0.29) is 30.5 Å². The van der Waals surface area contributed by atoms with Gasteiger partial charge < -0.3 is 15.0 Å². The number of carbonyl (C=O) groups excluding carboxylic acids is 1. The zero-order valence-corrected chi connectivity index (χ0v) is 13.9. The highest BCUT2D eigenvalue weighted by Crippen LogP contribution is 2.43. The molecule has 2 saturated heterocycles. The van der Waals surface area contributed by atoms with Gasteiger partial charge in [0.25, 0.3) is 5.91 Å². The monoisotopic (exact) mass is 376 g/mol. The van der Waals surface area contributed by atoms with Gasteiger partial charge in [0, 0.05) is 25.6 Å². The molecule has 21 heavy (non-hydrogen) atoms. The van der Waals surface area contributed by atoms with E-state index in [1.165, 1.54) is 12.8 Å². The number of rotatable bonds is 2. The Balaban J connectivity index is 0.00000132. The number of hydrogen-bond acceptors (Lipinski definition) is 4. The van der Waals surface area contributed by atoms with Gasteiger partial charge in [0.1, 0.15) is 0 Å². The summed E-state index contributed by atoms with van der Waals surface area (Å²) in [5.74, 6) is 0.547. The third kappa shape index (κ3) is 2.60. The predicted octanol–water partition coefficient (Wildman–Crippen LogP) is 1.28. The third-order valence-corrected chi connectivity index (χ3v) is 5.18. The van der Waals surface area contributed by atoms with Crippen molar-refractivity contribution >= 4 is 34.2 Å². The summed E-state index contributed by atoms with van der Waals surface area (Å²) in [6.45, 7) is 2.86. The van der Waals surface area contributed by atoms with Crippen molar-refractivity contribution in [3.8, 4) is 0 Å². The van der Waals surface area contributed by atoms with Crippen LogP contribution in [-0.4, -0.2) is 59.4 Å². The normalized spacial score (nSPS) is 28.1. The second-order valence-corrected chi connectivity index (χ2v) is 6.50. The minimum Gasteiger partial charge on any atom is -0.373 e. The average molecular weight is 378 g/mol. The minimum atomic E-state index is 0. The summed E-state index contributed by atoms with van der Waals surface area (Å²) in [6, 6.07) is 0.129. The van der Waals surface area contributed by atoms with Crippen LogP contribution in [0.15, 0.2) is 4.47 Å². The van der Waals surface area contributed by atoms with Gasteiger partial charge >= 0.3 is 0 Å². The quantitative estimate of drug-likeness (QED) is 0.815. The van der Waals surface area contributed by atoms with Crippen molar-refractivity contribution in [2.75, 3.05) is 26.2 Å². The third-order valence-electron chi connectivity index (χ3n) is 4.37. The Morgan fingerprint density at radius 3 is 2.95 bits per heavy atom. The van der Waals surface area contributed by atoms with E-state index < -0.39 is 0 Å². The lowest BCUT2D eigenvalue weighted by atomic mass is 10.1. The molecule has 1 amide bonds. The number of halogens is 2. The molecule has 6 nitrogen and oxygen atoms in total.